The number of rotatable bonds is 4. The largest absolute Gasteiger partial charge is 0.336 e. The lowest BCUT2D eigenvalue weighted by atomic mass is 10.3. The van der Waals surface area contributed by atoms with Gasteiger partial charge >= 0.3 is 0 Å². The van der Waals surface area contributed by atoms with Gasteiger partial charge in [-0.3, -0.25) is 9.59 Å². The summed E-state index contributed by atoms with van der Waals surface area (Å²) in [5, 5.41) is 3.34. The summed E-state index contributed by atoms with van der Waals surface area (Å²) in [5.41, 5.74) is 0.677. The van der Waals surface area contributed by atoms with E-state index in [0.717, 1.165) is 12.8 Å². The number of halogens is 1. The van der Waals surface area contributed by atoms with E-state index in [-0.39, 0.29) is 24.3 Å². The van der Waals surface area contributed by atoms with Crippen LogP contribution in [0.1, 0.15) is 12.8 Å². The fourth-order valence-electron chi connectivity index (χ4n) is 1.67. The molecule has 18 heavy (non-hydrogen) atoms. The van der Waals surface area contributed by atoms with Gasteiger partial charge in [0, 0.05) is 23.7 Å². The van der Waals surface area contributed by atoms with Gasteiger partial charge in [0.2, 0.25) is 11.8 Å². The van der Waals surface area contributed by atoms with Crippen LogP contribution in [0.25, 0.3) is 0 Å². The quantitative estimate of drug-likeness (QED) is 0.908. The van der Waals surface area contributed by atoms with Crippen molar-refractivity contribution in [3.05, 3.63) is 29.3 Å². The number of hydrogen-bond donors (Lipinski definition) is 1. The Bertz CT molecular complexity index is 455. The van der Waals surface area contributed by atoms with Crippen molar-refractivity contribution in [3.63, 3.8) is 0 Å². The van der Waals surface area contributed by atoms with Gasteiger partial charge in [-0.2, -0.15) is 0 Å². The topological polar surface area (TPSA) is 49.4 Å². The average molecular weight is 267 g/mol. The zero-order chi connectivity index (χ0) is 13.1. The molecule has 96 valence electrons. The molecule has 1 saturated carbocycles. The molecule has 1 aromatic rings. The third-order valence-corrected chi connectivity index (χ3v) is 3.06. The number of amides is 2. The van der Waals surface area contributed by atoms with E-state index in [1.807, 2.05) is 0 Å². The molecule has 1 aromatic carbocycles. The first-order valence-corrected chi connectivity index (χ1v) is 6.24. The lowest BCUT2D eigenvalue weighted by Crippen LogP contribution is -2.35. The Labute approximate surface area is 111 Å². The van der Waals surface area contributed by atoms with Crippen LogP contribution in [0.4, 0.5) is 5.69 Å². The number of likely N-dealkylation sites (N-methyl/N-ethyl adjacent to an activating group) is 1. The van der Waals surface area contributed by atoms with Crippen molar-refractivity contribution in [3.8, 4) is 0 Å². The van der Waals surface area contributed by atoms with E-state index in [1.165, 1.54) is 4.90 Å². The molecular formula is C13H15ClN2O2. The Hall–Kier alpha value is -1.55. The third kappa shape index (κ3) is 3.47. The van der Waals surface area contributed by atoms with Crippen LogP contribution in [0.5, 0.6) is 0 Å². The van der Waals surface area contributed by atoms with Gasteiger partial charge in [-0.1, -0.05) is 11.6 Å². The lowest BCUT2D eigenvalue weighted by Gasteiger charge is -2.16. The van der Waals surface area contributed by atoms with E-state index in [2.05, 4.69) is 5.32 Å². The van der Waals surface area contributed by atoms with Crippen molar-refractivity contribution in [1.29, 1.82) is 0 Å². The predicted octanol–water partition coefficient (Wildman–Crippen LogP) is 2.15. The van der Waals surface area contributed by atoms with Crippen LogP contribution in [0.15, 0.2) is 24.3 Å². The second-order valence-electron chi connectivity index (χ2n) is 4.52. The summed E-state index contributed by atoms with van der Waals surface area (Å²) in [5.74, 6) is -0.00610. The molecule has 0 heterocycles. The lowest BCUT2D eigenvalue weighted by molar-refractivity contribution is -0.134. The van der Waals surface area contributed by atoms with Crippen LogP contribution in [0.2, 0.25) is 5.02 Å². The molecule has 2 rings (SSSR count). The number of nitrogens with zero attached hydrogens (tertiary/aromatic N) is 1. The first kappa shape index (κ1) is 12.9. The van der Waals surface area contributed by atoms with Crippen molar-refractivity contribution >= 4 is 29.1 Å². The summed E-state index contributed by atoms with van der Waals surface area (Å²) in [6, 6.07) is 6.86. The van der Waals surface area contributed by atoms with Gasteiger partial charge in [0.25, 0.3) is 0 Å². The molecule has 1 aliphatic rings. The highest BCUT2D eigenvalue weighted by Gasteiger charge is 2.32. The molecule has 1 aliphatic carbocycles. The maximum absolute atomic E-state index is 11.7. The van der Waals surface area contributed by atoms with Crippen molar-refractivity contribution in [2.24, 2.45) is 5.92 Å². The predicted molar refractivity (Wildman–Crippen MR) is 70.4 cm³/mol. The second-order valence-corrected chi connectivity index (χ2v) is 4.96. The first-order chi connectivity index (χ1) is 8.56. The zero-order valence-electron chi connectivity index (χ0n) is 10.1. The second kappa shape index (κ2) is 5.40. The van der Waals surface area contributed by atoms with Gasteiger partial charge in [0.05, 0.1) is 6.54 Å². The average Bonchev–Trinajstić information content (AvgIpc) is 3.15. The zero-order valence-corrected chi connectivity index (χ0v) is 10.9. The Morgan fingerprint density at radius 2 is 1.94 bits per heavy atom. The Morgan fingerprint density at radius 3 is 2.50 bits per heavy atom. The number of hydrogen-bond acceptors (Lipinski definition) is 2. The smallest absolute Gasteiger partial charge is 0.243 e. The number of nitrogens with one attached hydrogen (secondary N) is 1. The fourth-order valence-corrected chi connectivity index (χ4v) is 1.80. The molecule has 0 saturated heterocycles. The standard InChI is InChI=1S/C13H15ClN2O2/c1-16(13(18)9-2-3-9)8-12(17)15-11-6-4-10(14)5-7-11/h4-7,9H,2-3,8H2,1H3,(H,15,17). The van der Waals surface area contributed by atoms with E-state index >= 15 is 0 Å². The van der Waals surface area contributed by atoms with E-state index in [1.54, 1.807) is 31.3 Å². The monoisotopic (exact) mass is 266 g/mol. The molecule has 4 nitrogen and oxygen atoms in total. The number of benzene rings is 1. The molecule has 0 bridgehead atoms. The third-order valence-electron chi connectivity index (χ3n) is 2.81. The SMILES string of the molecule is CN(CC(=O)Nc1ccc(Cl)cc1)C(=O)C1CC1. The Kier molecular flexibility index (Phi) is 3.87. The maximum Gasteiger partial charge on any atom is 0.243 e. The summed E-state index contributed by atoms with van der Waals surface area (Å²) < 4.78 is 0. The Balaban J connectivity index is 1.84. The van der Waals surface area contributed by atoms with Gasteiger partial charge < -0.3 is 10.2 Å². The normalized spacial score (nSPS) is 14.1. The van der Waals surface area contributed by atoms with Crippen LogP contribution >= 0.6 is 11.6 Å². The van der Waals surface area contributed by atoms with Crippen molar-refractivity contribution in [1.82, 2.24) is 4.90 Å². The highest BCUT2D eigenvalue weighted by Crippen LogP contribution is 2.30. The summed E-state index contributed by atoms with van der Waals surface area (Å²) in [7, 11) is 1.65. The molecule has 0 radical (unpaired) electrons. The molecule has 1 N–H and O–H groups in total. The van der Waals surface area contributed by atoms with Crippen molar-refractivity contribution in [2.75, 3.05) is 18.9 Å². The summed E-state index contributed by atoms with van der Waals surface area (Å²) >= 11 is 5.75. The molecule has 0 aliphatic heterocycles. The minimum atomic E-state index is -0.200. The van der Waals surface area contributed by atoms with Gasteiger partial charge in [-0.15, -0.1) is 0 Å². The van der Waals surface area contributed by atoms with Gasteiger partial charge in [0.1, 0.15) is 0 Å². The molecule has 0 spiro atoms. The summed E-state index contributed by atoms with van der Waals surface area (Å²) in [4.78, 5) is 24.9. The van der Waals surface area contributed by atoms with Crippen LogP contribution in [0.3, 0.4) is 0 Å². The highest BCUT2D eigenvalue weighted by atomic mass is 35.5. The summed E-state index contributed by atoms with van der Waals surface area (Å²) in [6.45, 7) is 0.0813. The van der Waals surface area contributed by atoms with Crippen LogP contribution < -0.4 is 5.32 Å². The van der Waals surface area contributed by atoms with Crippen molar-refractivity contribution in [2.45, 2.75) is 12.8 Å². The van der Waals surface area contributed by atoms with E-state index in [9.17, 15) is 9.59 Å². The minimum absolute atomic E-state index is 0.0567. The van der Waals surface area contributed by atoms with Gasteiger partial charge in [-0.05, 0) is 37.1 Å². The van der Waals surface area contributed by atoms with Crippen LogP contribution in [-0.2, 0) is 9.59 Å². The number of carbonyl (C=O) groups excluding carboxylic acids is 2. The first-order valence-electron chi connectivity index (χ1n) is 5.86. The Morgan fingerprint density at radius 1 is 1.33 bits per heavy atom. The van der Waals surface area contributed by atoms with Crippen molar-refractivity contribution < 1.29 is 9.59 Å². The molecule has 5 heteroatoms. The van der Waals surface area contributed by atoms with Crippen LogP contribution in [-0.4, -0.2) is 30.3 Å². The maximum atomic E-state index is 11.7. The molecule has 1 fully saturated rings. The molecular weight excluding hydrogens is 252 g/mol. The molecule has 0 atom stereocenters. The van der Waals surface area contributed by atoms with Gasteiger partial charge in [0.15, 0.2) is 0 Å². The molecule has 0 unspecified atom stereocenters. The molecule has 0 aromatic heterocycles. The fraction of sp³-hybridized carbons (Fsp3) is 0.385. The van der Waals surface area contributed by atoms with Gasteiger partial charge in [-0.25, -0.2) is 0 Å². The van der Waals surface area contributed by atoms with Crippen LogP contribution in [0, 0.1) is 5.92 Å². The van der Waals surface area contributed by atoms with E-state index in [4.69, 9.17) is 11.6 Å². The number of carbonyl (C=O) groups is 2. The van der Waals surface area contributed by atoms with E-state index < -0.39 is 0 Å². The summed E-state index contributed by atoms with van der Waals surface area (Å²) in [6.07, 6.45) is 1.89. The molecule has 2 amide bonds. The number of anilines is 1. The van der Waals surface area contributed by atoms with E-state index in [0.29, 0.717) is 10.7 Å². The minimum Gasteiger partial charge on any atom is -0.336 e. The highest BCUT2D eigenvalue weighted by molar-refractivity contribution is 6.30.